The molecule has 1 amide bonds. The second kappa shape index (κ2) is 9.48. The second-order valence-electron chi connectivity index (χ2n) is 8.63. The predicted molar refractivity (Wildman–Crippen MR) is 128 cm³/mol. The summed E-state index contributed by atoms with van der Waals surface area (Å²) < 4.78 is 0. The topological polar surface area (TPSA) is 39.2 Å². The molecule has 0 aromatic heterocycles. The van der Waals surface area contributed by atoms with Crippen LogP contribution in [-0.4, -0.2) is 61.3 Å². The number of hydrogen-bond acceptors (Lipinski definition) is 4. The summed E-state index contributed by atoms with van der Waals surface area (Å²) in [6.07, 6.45) is 2.78. The quantitative estimate of drug-likeness (QED) is 0.648. The van der Waals surface area contributed by atoms with E-state index in [0.717, 1.165) is 49.7 Å². The highest BCUT2D eigenvalue weighted by Gasteiger charge is 2.26. The number of benzene rings is 2. The lowest BCUT2D eigenvalue weighted by Crippen LogP contribution is -2.39. The highest BCUT2D eigenvalue weighted by molar-refractivity contribution is 5.99. The third kappa shape index (κ3) is 4.88. The van der Waals surface area contributed by atoms with Gasteiger partial charge in [-0.3, -0.25) is 14.7 Å². The van der Waals surface area contributed by atoms with Crippen LogP contribution in [0, 0.1) is 5.92 Å². The third-order valence-corrected chi connectivity index (χ3v) is 6.18. The monoisotopic (exact) mass is 416 g/mol. The van der Waals surface area contributed by atoms with Gasteiger partial charge in [0, 0.05) is 44.5 Å². The fraction of sp³-hybridized carbons (Fsp3) is 0.385. The lowest BCUT2D eigenvalue weighted by atomic mass is 10.1. The Balaban J connectivity index is 1.47. The van der Waals surface area contributed by atoms with Gasteiger partial charge in [0.1, 0.15) is 5.84 Å². The van der Waals surface area contributed by atoms with E-state index in [0.29, 0.717) is 19.0 Å². The first-order chi connectivity index (χ1) is 15.0. The number of para-hydroxylation sites is 1. The molecule has 1 unspecified atom stereocenters. The summed E-state index contributed by atoms with van der Waals surface area (Å²) >= 11 is 0. The van der Waals surface area contributed by atoms with Crippen LogP contribution in [-0.2, 0) is 17.8 Å². The second-order valence-corrected chi connectivity index (χ2v) is 8.63. The summed E-state index contributed by atoms with van der Waals surface area (Å²) in [6.45, 7) is 10.6. The Hall–Kier alpha value is -2.92. The van der Waals surface area contributed by atoms with Crippen molar-refractivity contribution >= 4 is 17.4 Å². The zero-order chi connectivity index (χ0) is 21.8. The van der Waals surface area contributed by atoms with Gasteiger partial charge in [-0.2, -0.15) is 0 Å². The molecule has 31 heavy (non-hydrogen) atoms. The number of carbonyl (C=O) groups excluding carboxylic acids is 1. The number of amides is 1. The molecule has 2 aromatic carbocycles. The van der Waals surface area contributed by atoms with Gasteiger partial charge >= 0.3 is 0 Å². The normalized spacial score (nSPS) is 17.9. The molecule has 0 radical (unpaired) electrons. The molecule has 0 aliphatic carbocycles. The van der Waals surface area contributed by atoms with Crippen molar-refractivity contribution < 1.29 is 4.79 Å². The Morgan fingerprint density at radius 1 is 1.13 bits per heavy atom. The van der Waals surface area contributed by atoms with Crippen LogP contribution in [0.1, 0.15) is 23.6 Å². The van der Waals surface area contributed by atoms with Gasteiger partial charge in [-0.1, -0.05) is 55.5 Å². The summed E-state index contributed by atoms with van der Waals surface area (Å²) in [7, 11) is 2.08. The molecule has 0 fully saturated rings. The fourth-order valence-electron chi connectivity index (χ4n) is 4.38. The molecule has 1 atom stereocenters. The van der Waals surface area contributed by atoms with Crippen LogP contribution < -0.4 is 4.90 Å². The Kier molecular flexibility index (Phi) is 6.52. The molecule has 0 saturated carbocycles. The van der Waals surface area contributed by atoms with Crippen LogP contribution >= 0.6 is 0 Å². The smallest absolute Gasteiger partial charge is 0.241 e. The number of nitrogens with zero attached hydrogens (tertiary/aromatic N) is 4. The summed E-state index contributed by atoms with van der Waals surface area (Å²) in [5.74, 6) is 1.59. The first-order valence-electron chi connectivity index (χ1n) is 11.1. The SMILES string of the molecule is C=CC(C)CN1CC(=O)N(CCc2ccc(C3=NCCN3C)cc2)c2ccccc2C1. The maximum atomic E-state index is 13.2. The molecule has 4 rings (SSSR count). The van der Waals surface area contributed by atoms with Gasteiger partial charge in [0.25, 0.3) is 0 Å². The molecule has 162 valence electrons. The molecule has 2 aliphatic heterocycles. The summed E-state index contributed by atoms with van der Waals surface area (Å²) in [4.78, 5) is 24.2. The number of amidine groups is 1. The van der Waals surface area contributed by atoms with Crippen LogP contribution in [0.15, 0.2) is 66.2 Å². The molecule has 5 nitrogen and oxygen atoms in total. The molecular weight excluding hydrogens is 384 g/mol. The molecule has 2 aromatic rings. The van der Waals surface area contributed by atoms with E-state index in [9.17, 15) is 4.79 Å². The highest BCUT2D eigenvalue weighted by atomic mass is 16.2. The molecule has 0 bridgehead atoms. The first kappa shape index (κ1) is 21.3. The van der Waals surface area contributed by atoms with Gasteiger partial charge in [0.2, 0.25) is 5.91 Å². The van der Waals surface area contributed by atoms with Crippen LogP contribution in [0.2, 0.25) is 0 Å². The molecule has 2 aliphatic rings. The van der Waals surface area contributed by atoms with Gasteiger partial charge in [0.05, 0.1) is 13.1 Å². The van der Waals surface area contributed by atoms with E-state index in [-0.39, 0.29) is 5.91 Å². The molecule has 0 saturated heterocycles. The zero-order valence-corrected chi connectivity index (χ0v) is 18.6. The van der Waals surface area contributed by atoms with E-state index < -0.39 is 0 Å². The number of aliphatic imine (C=N–C) groups is 1. The lowest BCUT2D eigenvalue weighted by molar-refractivity contribution is -0.119. The fourth-order valence-corrected chi connectivity index (χ4v) is 4.38. The average Bonchev–Trinajstić information content (AvgIpc) is 3.15. The van der Waals surface area contributed by atoms with Crippen molar-refractivity contribution in [2.24, 2.45) is 10.9 Å². The van der Waals surface area contributed by atoms with Gasteiger partial charge in [-0.15, -0.1) is 6.58 Å². The van der Waals surface area contributed by atoms with E-state index in [2.05, 4.69) is 77.8 Å². The molecule has 0 spiro atoms. The number of rotatable bonds is 7. The van der Waals surface area contributed by atoms with Crippen LogP contribution in [0.5, 0.6) is 0 Å². The first-order valence-corrected chi connectivity index (χ1v) is 11.1. The van der Waals surface area contributed by atoms with Crippen molar-refractivity contribution in [1.29, 1.82) is 0 Å². The summed E-state index contributed by atoms with van der Waals surface area (Å²) in [5.41, 5.74) is 4.64. The molecular formula is C26H32N4O. The standard InChI is InChI=1S/C26H32N4O/c1-4-20(2)17-29-18-23-7-5-6-8-24(23)30(25(31)19-29)15-13-21-9-11-22(12-10-21)26-27-14-16-28(26)3/h4-12,20H,1,13-19H2,2-3H3. The van der Waals surface area contributed by atoms with E-state index in [1.165, 1.54) is 11.1 Å². The van der Waals surface area contributed by atoms with Gasteiger partial charge in [0.15, 0.2) is 0 Å². The van der Waals surface area contributed by atoms with Gasteiger partial charge < -0.3 is 9.80 Å². The Bertz CT molecular complexity index is 966. The minimum atomic E-state index is 0.166. The van der Waals surface area contributed by atoms with Crippen molar-refractivity contribution in [3.05, 3.63) is 77.9 Å². The number of likely N-dealkylation sites (N-methyl/N-ethyl adjacent to an activating group) is 1. The minimum absolute atomic E-state index is 0.166. The van der Waals surface area contributed by atoms with Gasteiger partial charge in [-0.25, -0.2) is 0 Å². The third-order valence-electron chi connectivity index (χ3n) is 6.18. The number of anilines is 1. The molecule has 5 heteroatoms. The van der Waals surface area contributed by atoms with Crippen LogP contribution in [0.25, 0.3) is 0 Å². The maximum absolute atomic E-state index is 13.2. The number of hydrogen-bond donors (Lipinski definition) is 0. The molecule has 0 N–H and O–H groups in total. The predicted octanol–water partition coefficient (Wildman–Crippen LogP) is 3.59. The lowest BCUT2D eigenvalue weighted by Gasteiger charge is -2.24. The highest BCUT2D eigenvalue weighted by Crippen LogP contribution is 2.26. The average molecular weight is 417 g/mol. The van der Waals surface area contributed by atoms with Crippen LogP contribution in [0.4, 0.5) is 5.69 Å². The summed E-state index contributed by atoms with van der Waals surface area (Å²) in [5, 5.41) is 0. The largest absolute Gasteiger partial charge is 0.358 e. The Labute approximate surface area is 185 Å². The van der Waals surface area contributed by atoms with Crippen molar-refractivity contribution in [2.45, 2.75) is 19.9 Å². The Morgan fingerprint density at radius 2 is 1.90 bits per heavy atom. The van der Waals surface area contributed by atoms with E-state index in [1.807, 2.05) is 17.0 Å². The van der Waals surface area contributed by atoms with Crippen molar-refractivity contribution in [2.75, 3.05) is 44.7 Å². The number of fused-ring (bicyclic) bond motifs is 1. The maximum Gasteiger partial charge on any atom is 0.241 e. The summed E-state index contributed by atoms with van der Waals surface area (Å²) in [6, 6.07) is 16.9. The van der Waals surface area contributed by atoms with E-state index in [4.69, 9.17) is 0 Å². The minimum Gasteiger partial charge on any atom is -0.358 e. The van der Waals surface area contributed by atoms with Crippen molar-refractivity contribution in [3.8, 4) is 0 Å². The Morgan fingerprint density at radius 3 is 2.61 bits per heavy atom. The number of carbonyl (C=O) groups is 1. The van der Waals surface area contributed by atoms with Crippen molar-refractivity contribution in [3.63, 3.8) is 0 Å². The van der Waals surface area contributed by atoms with Crippen LogP contribution in [0.3, 0.4) is 0 Å². The molecule has 2 heterocycles. The van der Waals surface area contributed by atoms with E-state index >= 15 is 0 Å². The van der Waals surface area contributed by atoms with Gasteiger partial charge in [-0.05, 0) is 29.5 Å². The zero-order valence-electron chi connectivity index (χ0n) is 18.6. The van der Waals surface area contributed by atoms with E-state index in [1.54, 1.807) is 0 Å². The van der Waals surface area contributed by atoms with Crippen molar-refractivity contribution in [1.82, 2.24) is 9.80 Å².